The molecule has 1 N–H and O–H groups in total. The van der Waals surface area contributed by atoms with Crippen LogP contribution in [0.15, 0.2) is 0 Å². The van der Waals surface area contributed by atoms with Gasteiger partial charge in [0.05, 0.1) is 18.4 Å². The summed E-state index contributed by atoms with van der Waals surface area (Å²) < 4.78 is 60.8. The molecule has 2 heterocycles. The van der Waals surface area contributed by atoms with Crippen LogP contribution in [0.1, 0.15) is 68.7 Å². The number of carbonyl (C=O) groups is 10. The van der Waals surface area contributed by atoms with Crippen molar-refractivity contribution in [2.75, 3.05) is 20.3 Å². The molecule has 0 radical (unpaired) electrons. The number of esters is 9. The zero-order valence-corrected chi connectivity index (χ0v) is 33.7. The minimum absolute atomic E-state index is 0.426. The van der Waals surface area contributed by atoms with Gasteiger partial charge in [-0.25, -0.2) is 4.79 Å². The first kappa shape index (κ1) is 48.1. The molecule has 1 unspecified atom stereocenters. The highest BCUT2D eigenvalue weighted by atomic mass is 32.2. The normalized spacial score (nSPS) is 27.8. The Bertz CT molecular complexity index is 1550. The molecule has 0 saturated carbocycles. The third-order valence-electron chi connectivity index (χ3n) is 7.75. The van der Waals surface area contributed by atoms with Gasteiger partial charge in [-0.15, -0.1) is 11.8 Å². The second kappa shape index (κ2) is 21.5. The minimum Gasteiger partial charge on any atom is -0.466 e. The summed E-state index contributed by atoms with van der Waals surface area (Å²) in [5, 5.41) is 0.945. The van der Waals surface area contributed by atoms with Gasteiger partial charge < -0.3 is 57.4 Å². The molecule has 0 aliphatic carbocycles. The zero-order valence-electron chi connectivity index (χ0n) is 32.9. The fourth-order valence-electron chi connectivity index (χ4n) is 5.99. The van der Waals surface area contributed by atoms with Gasteiger partial charge in [-0.1, -0.05) is 0 Å². The van der Waals surface area contributed by atoms with E-state index >= 15 is 0 Å². The van der Waals surface area contributed by atoms with E-state index in [2.05, 4.69) is 5.32 Å². The zero-order chi connectivity index (χ0) is 43.4. The van der Waals surface area contributed by atoms with E-state index in [1.165, 1.54) is 0 Å². The Morgan fingerprint density at radius 3 is 1.70 bits per heavy atom. The summed E-state index contributed by atoms with van der Waals surface area (Å²) in [7, 11) is 0.942. The third kappa shape index (κ3) is 14.5. The maximum atomic E-state index is 14.2. The molecule has 22 nitrogen and oxygen atoms in total. The molecular weight excluding hydrogens is 790 g/mol. The summed E-state index contributed by atoms with van der Waals surface area (Å²) in [6.07, 6.45) is -14.4. The Labute approximate surface area is 330 Å². The standard InChI is InChI=1S/C34H47NO21S/c1-14(36)35-26-23(49-17(4)39)11-34(33(45)46-10,56-29(26)27(51-19(6)41)24(50-18(5)40)12-47-15(2)37)57-31-28(52-20(7)42)25(13-48-16(3)38)55-32(54-22(9)44)30(31)53-21(8)43/h23-32H,11-13H2,1-10H3,(H,35,36)/t23-,24+,25+,26+,27+,28-,29+,30+,31-,32?,34-/m0/s1. The van der Waals surface area contributed by atoms with Crippen molar-refractivity contribution in [2.45, 2.75) is 134 Å². The van der Waals surface area contributed by atoms with Gasteiger partial charge in [0.2, 0.25) is 17.1 Å². The van der Waals surface area contributed by atoms with Crippen LogP contribution in [0.25, 0.3) is 0 Å². The molecule has 2 saturated heterocycles. The van der Waals surface area contributed by atoms with Gasteiger partial charge in [-0.2, -0.15) is 0 Å². The maximum absolute atomic E-state index is 14.2. The van der Waals surface area contributed by atoms with Crippen molar-refractivity contribution in [2.24, 2.45) is 0 Å². The van der Waals surface area contributed by atoms with Gasteiger partial charge in [0.15, 0.2) is 18.3 Å². The van der Waals surface area contributed by atoms with Gasteiger partial charge in [-0.3, -0.25) is 43.2 Å². The van der Waals surface area contributed by atoms with Crippen LogP contribution >= 0.6 is 11.8 Å². The first-order chi connectivity index (χ1) is 26.5. The number of hydrogen-bond donors (Lipinski definition) is 1. The average molecular weight is 838 g/mol. The molecule has 320 valence electrons. The Hall–Kier alpha value is -5.03. The van der Waals surface area contributed by atoms with E-state index in [4.69, 9.17) is 52.1 Å². The summed E-state index contributed by atoms with van der Waals surface area (Å²) in [5.41, 5.74) is 0. The smallest absolute Gasteiger partial charge is 0.349 e. The second-order valence-electron chi connectivity index (χ2n) is 12.6. The monoisotopic (exact) mass is 837 g/mol. The lowest BCUT2D eigenvalue weighted by molar-refractivity contribution is -0.268. The Morgan fingerprint density at radius 1 is 0.684 bits per heavy atom. The Balaban J connectivity index is 3.06. The Kier molecular flexibility index (Phi) is 18.1. The average Bonchev–Trinajstić information content (AvgIpc) is 3.06. The fourth-order valence-corrected chi connectivity index (χ4v) is 7.72. The lowest BCUT2D eigenvalue weighted by atomic mass is 9.89. The van der Waals surface area contributed by atoms with Crippen LogP contribution in [0.2, 0.25) is 0 Å². The predicted molar refractivity (Wildman–Crippen MR) is 185 cm³/mol. The summed E-state index contributed by atoms with van der Waals surface area (Å²) in [6, 6.07) is -1.53. The Morgan fingerprint density at radius 2 is 1.23 bits per heavy atom. The molecule has 23 heteroatoms. The highest BCUT2D eigenvalue weighted by molar-refractivity contribution is 8.01. The molecule has 0 aromatic carbocycles. The van der Waals surface area contributed by atoms with Crippen LogP contribution in [-0.4, -0.2) is 145 Å². The lowest BCUT2D eigenvalue weighted by Crippen LogP contribution is -2.69. The third-order valence-corrected chi connectivity index (χ3v) is 9.37. The second-order valence-corrected chi connectivity index (χ2v) is 14.1. The fraction of sp³-hybridized carbons (Fsp3) is 0.706. The molecular formula is C34H47NO21S. The molecule has 2 rings (SSSR count). The van der Waals surface area contributed by atoms with Crippen LogP contribution in [0.4, 0.5) is 0 Å². The predicted octanol–water partition coefficient (Wildman–Crippen LogP) is -0.676. The van der Waals surface area contributed by atoms with Crippen molar-refractivity contribution >= 4 is 71.4 Å². The summed E-state index contributed by atoms with van der Waals surface area (Å²) in [5.74, 6) is -9.47. The number of thioether (sulfide) groups is 1. The highest BCUT2D eigenvalue weighted by Gasteiger charge is 2.63. The number of methoxy groups -OCH3 is 1. The van der Waals surface area contributed by atoms with Crippen molar-refractivity contribution in [3.63, 3.8) is 0 Å². The van der Waals surface area contributed by atoms with Crippen LogP contribution in [0.3, 0.4) is 0 Å². The van der Waals surface area contributed by atoms with Crippen molar-refractivity contribution in [1.82, 2.24) is 5.32 Å². The van der Waals surface area contributed by atoms with E-state index in [-0.39, 0.29) is 0 Å². The summed E-state index contributed by atoms with van der Waals surface area (Å²) >= 11 is 0.426. The van der Waals surface area contributed by atoms with E-state index in [9.17, 15) is 47.9 Å². The number of amides is 1. The summed E-state index contributed by atoms with van der Waals surface area (Å²) in [6.45, 7) is 7.70. The van der Waals surface area contributed by atoms with Crippen molar-refractivity contribution in [3.05, 3.63) is 0 Å². The van der Waals surface area contributed by atoms with E-state index in [1.807, 2.05) is 0 Å². The van der Waals surface area contributed by atoms with Crippen LogP contribution in [0, 0.1) is 0 Å². The lowest BCUT2D eigenvalue weighted by Gasteiger charge is -2.51. The molecule has 0 bridgehead atoms. The molecule has 0 aromatic heterocycles. The number of ether oxygens (including phenoxy) is 11. The van der Waals surface area contributed by atoms with Crippen molar-refractivity contribution in [3.8, 4) is 0 Å². The van der Waals surface area contributed by atoms with E-state index < -0.39 is 145 Å². The van der Waals surface area contributed by atoms with E-state index in [1.54, 1.807) is 0 Å². The van der Waals surface area contributed by atoms with Crippen LogP contribution in [0.5, 0.6) is 0 Å². The van der Waals surface area contributed by atoms with Crippen molar-refractivity contribution < 1.29 is 100 Å². The van der Waals surface area contributed by atoms with Crippen molar-refractivity contribution in [1.29, 1.82) is 0 Å². The highest BCUT2D eigenvalue weighted by Crippen LogP contribution is 2.48. The number of nitrogens with one attached hydrogen (secondary N) is 1. The van der Waals surface area contributed by atoms with Gasteiger partial charge in [0, 0.05) is 68.7 Å². The number of rotatable bonds is 16. The topological polar surface area (TPSA) is 284 Å². The molecule has 2 aliphatic rings. The first-order valence-corrected chi connectivity index (χ1v) is 18.0. The van der Waals surface area contributed by atoms with Crippen LogP contribution in [-0.2, 0) is 100 Å². The molecule has 2 aliphatic heterocycles. The first-order valence-electron chi connectivity index (χ1n) is 17.2. The van der Waals surface area contributed by atoms with E-state index in [0.717, 1.165) is 69.4 Å². The van der Waals surface area contributed by atoms with E-state index in [0.29, 0.717) is 11.8 Å². The van der Waals surface area contributed by atoms with Gasteiger partial charge in [0.25, 0.3) is 0 Å². The van der Waals surface area contributed by atoms with Crippen LogP contribution < -0.4 is 5.32 Å². The number of hydrogen-bond acceptors (Lipinski definition) is 22. The van der Waals surface area contributed by atoms with Gasteiger partial charge in [-0.05, 0) is 0 Å². The molecule has 57 heavy (non-hydrogen) atoms. The van der Waals surface area contributed by atoms with Gasteiger partial charge in [0.1, 0.15) is 37.6 Å². The number of carbonyl (C=O) groups excluding carboxylic acids is 10. The maximum Gasteiger partial charge on any atom is 0.349 e. The summed E-state index contributed by atoms with van der Waals surface area (Å²) in [4.78, 5) is 123. The quantitative estimate of drug-likeness (QED) is 0.149. The SMILES string of the molecule is COC(=O)[C@@]1(S[C@H]2[C@@H](OC(C)=O)[C@@H](COC(C)=O)OC(OC(C)=O)[C@@H]2OC(C)=O)C[C@H](OC(C)=O)[C@@H](NC(C)=O)[C@H]([C@H](OC(C)=O)[C@@H](COC(C)=O)OC(C)=O)O1. The molecule has 0 aromatic rings. The molecule has 2 fully saturated rings. The van der Waals surface area contributed by atoms with Gasteiger partial charge >= 0.3 is 53.7 Å². The minimum atomic E-state index is -2.54. The molecule has 0 spiro atoms. The molecule has 11 atom stereocenters. The largest absolute Gasteiger partial charge is 0.466 e. The molecule has 1 amide bonds.